The molecule has 1 aliphatic heterocycles. The Balaban J connectivity index is 2.48. The van der Waals surface area contributed by atoms with E-state index in [2.05, 4.69) is 0 Å². The minimum absolute atomic E-state index is 0.0668. The number of esters is 1. The second kappa shape index (κ2) is 6.88. The van der Waals surface area contributed by atoms with Crippen molar-refractivity contribution in [2.45, 2.75) is 26.7 Å². The van der Waals surface area contributed by atoms with E-state index in [-0.39, 0.29) is 42.9 Å². The Morgan fingerprint density at radius 3 is 2.47 bits per heavy atom. The average Bonchev–Trinajstić information content (AvgIpc) is 2.65. The first kappa shape index (κ1) is 15.9. The van der Waals surface area contributed by atoms with E-state index >= 15 is 0 Å². The van der Waals surface area contributed by atoms with Crippen LogP contribution in [0.4, 0.5) is 0 Å². The van der Waals surface area contributed by atoms with Gasteiger partial charge in [-0.25, -0.2) is 8.42 Å². The fourth-order valence-corrected chi connectivity index (χ4v) is 4.01. The van der Waals surface area contributed by atoms with Crippen molar-refractivity contribution in [3.05, 3.63) is 0 Å². The number of carbonyl (C=O) groups excluding carboxylic acids is 2. The van der Waals surface area contributed by atoms with Crippen molar-refractivity contribution in [3.63, 3.8) is 0 Å². The fourth-order valence-electron chi connectivity index (χ4n) is 2.15. The highest BCUT2D eigenvalue weighted by Gasteiger charge is 2.30. The lowest BCUT2D eigenvalue weighted by Crippen LogP contribution is -2.37. The molecule has 0 aromatic heterocycles. The molecule has 0 radical (unpaired) electrons. The summed E-state index contributed by atoms with van der Waals surface area (Å²) in [6, 6.07) is 0. The van der Waals surface area contributed by atoms with Gasteiger partial charge in [0.2, 0.25) is 5.91 Å². The Morgan fingerprint density at radius 1 is 1.32 bits per heavy atom. The first-order valence-electron chi connectivity index (χ1n) is 6.51. The van der Waals surface area contributed by atoms with Gasteiger partial charge in [0.1, 0.15) is 6.54 Å². The molecule has 0 N–H and O–H groups in total. The minimum atomic E-state index is -2.97. The number of likely N-dealkylation sites (N-methyl/N-ethyl adjacent to an activating group) is 1. The molecule has 1 saturated heterocycles. The number of amides is 1. The van der Waals surface area contributed by atoms with Crippen molar-refractivity contribution < 1.29 is 22.7 Å². The molecule has 6 nitrogen and oxygen atoms in total. The van der Waals surface area contributed by atoms with Crippen LogP contribution in [-0.4, -0.2) is 56.4 Å². The van der Waals surface area contributed by atoms with Gasteiger partial charge in [0.15, 0.2) is 9.84 Å². The molecular formula is C12H21NO5S. The molecule has 110 valence electrons. The topological polar surface area (TPSA) is 80.8 Å². The minimum Gasteiger partial charge on any atom is -0.465 e. The monoisotopic (exact) mass is 291 g/mol. The zero-order valence-corrected chi connectivity index (χ0v) is 12.2. The van der Waals surface area contributed by atoms with Crippen LogP contribution in [0.3, 0.4) is 0 Å². The molecule has 1 rings (SSSR count). The van der Waals surface area contributed by atoms with Gasteiger partial charge in [-0.15, -0.1) is 0 Å². The molecule has 7 heteroatoms. The summed E-state index contributed by atoms with van der Waals surface area (Å²) in [4.78, 5) is 24.8. The third-order valence-corrected chi connectivity index (χ3v) is 4.99. The van der Waals surface area contributed by atoms with Gasteiger partial charge in [0, 0.05) is 13.0 Å². The number of sulfone groups is 1. The molecule has 19 heavy (non-hydrogen) atoms. The second-order valence-corrected chi connectivity index (χ2v) is 6.91. The summed E-state index contributed by atoms with van der Waals surface area (Å²) in [6.45, 7) is 4.12. The maximum absolute atomic E-state index is 12.0. The van der Waals surface area contributed by atoms with Gasteiger partial charge in [0.25, 0.3) is 0 Å². The normalized spacial score (nSPS) is 21.1. The van der Waals surface area contributed by atoms with Crippen molar-refractivity contribution >= 4 is 21.7 Å². The molecule has 1 atom stereocenters. The summed E-state index contributed by atoms with van der Waals surface area (Å²) in [6.07, 6.45) is 0.720. The van der Waals surface area contributed by atoms with Crippen LogP contribution >= 0.6 is 0 Å². The highest BCUT2D eigenvalue weighted by atomic mass is 32.2. The molecule has 1 aliphatic rings. The predicted octanol–water partition coefficient (Wildman–Crippen LogP) is 0.223. The van der Waals surface area contributed by atoms with E-state index < -0.39 is 15.8 Å². The molecule has 1 fully saturated rings. The number of hydrogen-bond acceptors (Lipinski definition) is 5. The first-order valence-corrected chi connectivity index (χ1v) is 8.34. The lowest BCUT2D eigenvalue weighted by molar-refractivity contribution is -0.149. The molecule has 1 unspecified atom stereocenters. The van der Waals surface area contributed by atoms with Crippen LogP contribution in [0.25, 0.3) is 0 Å². The van der Waals surface area contributed by atoms with E-state index in [1.165, 1.54) is 4.90 Å². The summed E-state index contributed by atoms with van der Waals surface area (Å²) in [5.74, 6) is -0.492. The van der Waals surface area contributed by atoms with E-state index in [9.17, 15) is 18.0 Å². The molecule has 0 saturated carbocycles. The Morgan fingerprint density at radius 2 is 2.00 bits per heavy atom. The van der Waals surface area contributed by atoms with Crippen molar-refractivity contribution in [1.29, 1.82) is 0 Å². The highest BCUT2D eigenvalue weighted by molar-refractivity contribution is 7.91. The molecule has 1 heterocycles. The number of carbonyl (C=O) groups is 2. The van der Waals surface area contributed by atoms with Crippen LogP contribution < -0.4 is 0 Å². The number of rotatable bonds is 6. The average molecular weight is 291 g/mol. The summed E-state index contributed by atoms with van der Waals surface area (Å²) in [5.41, 5.74) is 0. The van der Waals surface area contributed by atoms with Crippen molar-refractivity contribution in [2.75, 3.05) is 31.2 Å². The Bertz CT molecular complexity index is 431. The number of nitrogens with zero attached hydrogens (tertiary/aromatic N) is 1. The van der Waals surface area contributed by atoms with Gasteiger partial charge in [-0.3, -0.25) is 9.59 Å². The van der Waals surface area contributed by atoms with E-state index in [1.54, 1.807) is 13.8 Å². The third-order valence-electron chi connectivity index (χ3n) is 3.15. The van der Waals surface area contributed by atoms with E-state index in [0.717, 1.165) is 0 Å². The molecule has 0 aromatic rings. The molecule has 0 spiro atoms. The Kier molecular flexibility index (Phi) is 5.78. The number of hydrogen-bond donors (Lipinski definition) is 0. The van der Waals surface area contributed by atoms with E-state index in [4.69, 9.17) is 4.74 Å². The van der Waals surface area contributed by atoms with Gasteiger partial charge in [0.05, 0.1) is 18.1 Å². The SMILES string of the molecule is CCOC(=O)CN(CC)C(=O)CC1CCS(=O)(=O)C1. The summed E-state index contributed by atoms with van der Waals surface area (Å²) in [5, 5.41) is 0. The van der Waals surface area contributed by atoms with Crippen LogP contribution in [0.15, 0.2) is 0 Å². The quantitative estimate of drug-likeness (QED) is 0.654. The van der Waals surface area contributed by atoms with Crippen LogP contribution in [-0.2, 0) is 24.2 Å². The van der Waals surface area contributed by atoms with Crippen LogP contribution in [0.5, 0.6) is 0 Å². The van der Waals surface area contributed by atoms with Gasteiger partial charge >= 0.3 is 5.97 Å². The zero-order valence-electron chi connectivity index (χ0n) is 11.4. The maximum atomic E-state index is 12.0. The summed E-state index contributed by atoms with van der Waals surface area (Å²) < 4.78 is 27.5. The standard InChI is InChI=1S/C12H21NO5S/c1-3-13(8-12(15)18-4-2)11(14)7-10-5-6-19(16,17)9-10/h10H,3-9H2,1-2H3. The van der Waals surface area contributed by atoms with Gasteiger partial charge in [-0.05, 0) is 26.2 Å². The third kappa shape index (κ3) is 5.18. The van der Waals surface area contributed by atoms with Gasteiger partial charge in [-0.2, -0.15) is 0 Å². The van der Waals surface area contributed by atoms with E-state index in [1.807, 2.05) is 0 Å². The van der Waals surface area contributed by atoms with Crippen LogP contribution in [0.2, 0.25) is 0 Å². The van der Waals surface area contributed by atoms with Crippen LogP contribution in [0, 0.1) is 5.92 Å². The maximum Gasteiger partial charge on any atom is 0.325 e. The molecular weight excluding hydrogens is 270 g/mol. The van der Waals surface area contributed by atoms with Crippen LogP contribution in [0.1, 0.15) is 26.7 Å². The number of ether oxygens (including phenoxy) is 1. The largest absolute Gasteiger partial charge is 0.465 e. The Hall–Kier alpha value is -1.11. The Labute approximate surface area is 114 Å². The zero-order chi connectivity index (χ0) is 14.5. The summed E-state index contributed by atoms with van der Waals surface area (Å²) >= 11 is 0. The smallest absolute Gasteiger partial charge is 0.325 e. The fraction of sp³-hybridized carbons (Fsp3) is 0.833. The summed E-state index contributed by atoms with van der Waals surface area (Å²) in [7, 11) is -2.97. The highest BCUT2D eigenvalue weighted by Crippen LogP contribution is 2.22. The van der Waals surface area contributed by atoms with Gasteiger partial charge in [-0.1, -0.05) is 0 Å². The van der Waals surface area contributed by atoms with Crippen molar-refractivity contribution in [2.24, 2.45) is 5.92 Å². The molecule has 0 aromatic carbocycles. The van der Waals surface area contributed by atoms with Gasteiger partial charge < -0.3 is 9.64 Å². The second-order valence-electron chi connectivity index (χ2n) is 4.69. The van der Waals surface area contributed by atoms with E-state index in [0.29, 0.717) is 13.0 Å². The van der Waals surface area contributed by atoms with Crippen molar-refractivity contribution in [3.8, 4) is 0 Å². The lowest BCUT2D eigenvalue weighted by Gasteiger charge is -2.21. The molecule has 0 bridgehead atoms. The predicted molar refractivity (Wildman–Crippen MR) is 70.3 cm³/mol. The first-order chi connectivity index (χ1) is 8.88. The molecule has 0 aliphatic carbocycles. The lowest BCUT2D eigenvalue weighted by atomic mass is 10.0. The molecule has 1 amide bonds. The van der Waals surface area contributed by atoms with Crippen molar-refractivity contribution in [1.82, 2.24) is 4.90 Å².